The molecule has 4 nitrogen and oxygen atoms in total. The molecule has 0 atom stereocenters. The van der Waals surface area contributed by atoms with Gasteiger partial charge in [-0.05, 0) is 43.3 Å². The molecule has 2 heterocycles. The normalized spacial score (nSPS) is 12.2. The van der Waals surface area contributed by atoms with Crippen LogP contribution < -0.4 is 4.80 Å². The predicted molar refractivity (Wildman–Crippen MR) is 107 cm³/mol. The second-order valence-corrected chi connectivity index (χ2v) is 7.81. The smallest absolute Gasteiger partial charge is 0.279 e. The molecule has 0 fully saturated rings. The van der Waals surface area contributed by atoms with E-state index in [2.05, 4.69) is 9.98 Å². The molecule has 0 aliphatic rings. The fourth-order valence-electron chi connectivity index (χ4n) is 2.82. The van der Waals surface area contributed by atoms with E-state index in [-0.39, 0.29) is 5.91 Å². The largest absolute Gasteiger partial charge is 0.318 e. The highest BCUT2D eigenvalue weighted by molar-refractivity contribution is 7.16. The van der Waals surface area contributed by atoms with Crippen LogP contribution in [0.4, 0.5) is 0 Å². The van der Waals surface area contributed by atoms with E-state index in [0.717, 1.165) is 26.8 Å². The number of nitrogens with zero attached hydrogens (tertiary/aromatic N) is 3. The van der Waals surface area contributed by atoms with Crippen molar-refractivity contribution in [2.24, 2.45) is 12.0 Å². The van der Waals surface area contributed by atoms with E-state index >= 15 is 0 Å². The molecule has 0 radical (unpaired) electrons. The molecule has 0 saturated heterocycles. The van der Waals surface area contributed by atoms with Gasteiger partial charge in [-0.2, -0.15) is 4.99 Å². The highest BCUT2D eigenvalue weighted by atomic mass is 35.5. The zero-order valence-electron chi connectivity index (χ0n) is 14.0. The summed E-state index contributed by atoms with van der Waals surface area (Å²) in [5.41, 5.74) is 3.13. The molecule has 0 N–H and O–H groups in total. The summed E-state index contributed by atoms with van der Waals surface area (Å²) >= 11 is 13.7. The Morgan fingerprint density at radius 3 is 2.77 bits per heavy atom. The number of fused-ring (bicyclic) bond motifs is 2. The monoisotopic (exact) mass is 401 g/mol. The minimum atomic E-state index is -0.308. The standard InChI is InChI=1S/C19H13Cl2N3OS/c1-10-3-4-11-7-12(5-6-15(11)22-10)18(25)23-19-24(2)17-14(21)8-13(20)9-16(17)26-19/h3-9H,1-2H3. The number of hydrogen-bond donors (Lipinski definition) is 0. The lowest BCUT2D eigenvalue weighted by atomic mass is 10.1. The molecule has 0 saturated carbocycles. The number of aromatic nitrogens is 2. The second-order valence-electron chi connectivity index (χ2n) is 5.96. The Hall–Kier alpha value is -2.21. The molecule has 2 aromatic heterocycles. The van der Waals surface area contributed by atoms with Gasteiger partial charge in [0.2, 0.25) is 0 Å². The lowest BCUT2D eigenvalue weighted by molar-refractivity contribution is 0.0998. The third kappa shape index (κ3) is 3.03. The van der Waals surface area contributed by atoms with Gasteiger partial charge in [0.05, 0.1) is 20.8 Å². The SMILES string of the molecule is Cc1ccc2cc(C(=O)N=c3sc4cc(Cl)cc(Cl)c4n3C)ccc2n1. The average molecular weight is 402 g/mol. The number of amides is 1. The van der Waals surface area contributed by atoms with Crippen LogP contribution in [0.1, 0.15) is 16.1 Å². The van der Waals surface area contributed by atoms with Crippen LogP contribution in [0.15, 0.2) is 47.5 Å². The summed E-state index contributed by atoms with van der Waals surface area (Å²) in [5, 5.41) is 2.00. The molecule has 26 heavy (non-hydrogen) atoms. The fraction of sp³-hybridized carbons (Fsp3) is 0.105. The third-order valence-electron chi connectivity index (χ3n) is 4.09. The summed E-state index contributed by atoms with van der Waals surface area (Å²) in [4.78, 5) is 22.0. The summed E-state index contributed by atoms with van der Waals surface area (Å²) in [5.74, 6) is -0.308. The molecule has 2 aromatic carbocycles. The number of carbonyl (C=O) groups excluding carboxylic acids is 1. The van der Waals surface area contributed by atoms with Gasteiger partial charge < -0.3 is 4.57 Å². The van der Waals surface area contributed by atoms with Crippen molar-refractivity contribution in [3.8, 4) is 0 Å². The van der Waals surface area contributed by atoms with E-state index in [1.54, 1.807) is 12.1 Å². The molecule has 0 aliphatic heterocycles. The number of pyridine rings is 1. The van der Waals surface area contributed by atoms with Crippen molar-refractivity contribution >= 4 is 61.6 Å². The van der Waals surface area contributed by atoms with Gasteiger partial charge in [0.25, 0.3) is 5.91 Å². The molecule has 0 unspecified atom stereocenters. The average Bonchev–Trinajstić information content (AvgIpc) is 2.90. The van der Waals surface area contributed by atoms with Gasteiger partial charge in [0, 0.05) is 28.7 Å². The second kappa shape index (κ2) is 6.50. The molecule has 4 aromatic rings. The van der Waals surface area contributed by atoms with Gasteiger partial charge in [0.1, 0.15) is 0 Å². The zero-order chi connectivity index (χ0) is 18.4. The van der Waals surface area contributed by atoms with Gasteiger partial charge in [-0.3, -0.25) is 9.78 Å². The first-order valence-electron chi connectivity index (χ1n) is 7.83. The molecule has 130 valence electrons. The maximum Gasteiger partial charge on any atom is 0.279 e. The number of aryl methyl sites for hydroxylation is 2. The summed E-state index contributed by atoms with van der Waals surface area (Å²) in [6.45, 7) is 1.94. The van der Waals surface area contributed by atoms with Crippen LogP contribution in [0.5, 0.6) is 0 Å². The number of carbonyl (C=O) groups is 1. The molecular weight excluding hydrogens is 389 g/mol. The Balaban J connectivity index is 1.82. The predicted octanol–water partition coefficient (Wildman–Crippen LogP) is 5.14. The first-order chi connectivity index (χ1) is 12.4. The van der Waals surface area contributed by atoms with Crippen molar-refractivity contribution in [3.63, 3.8) is 0 Å². The number of rotatable bonds is 1. The number of halogens is 2. The molecule has 0 aliphatic carbocycles. The fourth-order valence-corrected chi connectivity index (χ4v) is 4.64. The van der Waals surface area contributed by atoms with Crippen LogP contribution in [0, 0.1) is 6.92 Å². The van der Waals surface area contributed by atoms with Crippen molar-refractivity contribution in [2.45, 2.75) is 6.92 Å². The van der Waals surface area contributed by atoms with Crippen molar-refractivity contribution < 1.29 is 4.79 Å². The first kappa shape index (κ1) is 17.2. The Morgan fingerprint density at radius 1 is 1.15 bits per heavy atom. The maximum atomic E-state index is 12.7. The van der Waals surface area contributed by atoms with E-state index in [1.807, 2.05) is 48.9 Å². The zero-order valence-corrected chi connectivity index (χ0v) is 16.3. The first-order valence-corrected chi connectivity index (χ1v) is 9.41. The van der Waals surface area contributed by atoms with E-state index in [1.165, 1.54) is 11.3 Å². The molecule has 0 bridgehead atoms. The van der Waals surface area contributed by atoms with E-state index in [4.69, 9.17) is 23.2 Å². The van der Waals surface area contributed by atoms with Crippen molar-refractivity contribution in [3.05, 3.63) is 68.6 Å². The highest BCUT2D eigenvalue weighted by Crippen LogP contribution is 2.29. The summed E-state index contributed by atoms with van der Waals surface area (Å²) in [7, 11) is 1.83. The van der Waals surface area contributed by atoms with Crippen LogP contribution in [0.2, 0.25) is 10.0 Å². The third-order valence-corrected chi connectivity index (χ3v) is 5.67. The van der Waals surface area contributed by atoms with Crippen molar-refractivity contribution in [1.82, 2.24) is 9.55 Å². The van der Waals surface area contributed by atoms with Gasteiger partial charge in [0.15, 0.2) is 4.80 Å². The lowest BCUT2D eigenvalue weighted by Crippen LogP contribution is -2.13. The summed E-state index contributed by atoms with van der Waals surface area (Å²) < 4.78 is 2.69. The van der Waals surface area contributed by atoms with Crippen LogP contribution in [-0.2, 0) is 7.05 Å². The van der Waals surface area contributed by atoms with Crippen LogP contribution >= 0.6 is 34.5 Å². The number of thiazole rings is 1. The van der Waals surface area contributed by atoms with Gasteiger partial charge in [-0.1, -0.05) is 40.6 Å². The maximum absolute atomic E-state index is 12.7. The molecule has 0 spiro atoms. The lowest BCUT2D eigenvalue weighted by Gasteiger charge is -2.01. The topological polar surface area (TPSA) is 47.2 Å². The molecule has 7 heteroatoms. The van der Waals surface area contributed by atoms with Crippen LogP contribution in [0.3, 0.4) is 0 Å². The van der Waals surface area contributed by atoms with E-state index in [9.17, 15) is 4.79 Å². The van der Waals surface area contributed by atoms with Crippen molar-refractivity contribution in [2.75, 3.05) is 0 Å². The van der Waals surface area contributed by atoms with Gasteiger partial charge >= 0.3 is 0 Å². The van der Waals surface area contributed by atoms with E-state index < -0.39 is 0 Å². The Bertz CT molecular complexity index is 1260. The Kier molecular flexibility index (Phi) is 4.31. The number of hydrogen-bond acceptors (Lipinski definition) is 3. The van der Waals surface area contributed by atoms with Crippen LogP contribution in [-0.4, -0.2) is 15.5 Å². The van der Waals surface area contributed by atoms with Crippen molar-refractivity contribution in [1.29, 1.82) is 0 Å². The quantitative estimate of drug-likeness (QED) is 0.442. The Labute approximate surface area is 163 Å². The molecule has 1 amide bonds. The van der Waals surface area contributed by atoms with E-state index in [0.29, 0.717) is 20.4 Å². The number of benzene rings is 2. The molecule has 4 rings (SSSR count). The van der Waals surface area contributed by atoms with Crippen LogP contribution in [0.25, 0.3) is 21.1 Å². The Morgan fingerprint density at radius 2 is 1.96 bits per heavy atom. The molecular formula is C19H13Cl2N3OS. The minimum absolute atomic E-state index is 0.308. The van der Waals surface area contributed by atoms with Gasteiger partial charge in [-0.15, -0.1) is 0 Å². The minimum Gasteiger partial charge on any atom is -0.318 e. The summed E-state index contributed by atoms with van der Waals surface area (Å²) in [6.07, 6.45) is 0. The highest BCUT2D eigenvalue weighted by Gasteiger charge is 2.11. The summed E-state index contributed by atoms with van der Waals surface area (Å²) in [6, 6.07) is 12.8. The van der Waals surface area contributed by atoms with Gasteiger partial charge in [-0.25, -0.2) is 0 Å².